The molecule has 7 heteroatoms. The molecule has 0 spiro atoms. The fraction of sp³-hybridized carbons (Fsp3) is 0.750. The van der Waals surface area contributed by atoms with Crippen LogP contribution in [0.3, 0.4) is 0 Å². The van der Waals surface area contributed by atoms with Crippen LogP contribution in [-0.4, -0.2) is 36.1 Å². The van der Waals surface area contributed by atoms with Crippen LogP contribution in [0.5, 0.6) is 0 Å². The van der Waals surface area contributed by atoms with Gasteiger partial charge < -0.3 is 19.3 Å². The summed E-state index contributed by atoms with van der Waals surface area (Å²) in [5, 5.41) is 8.73. The highest BCUT2D eigenvalue weighted by molar-refractivity contribution is 5.74. The Hall–Kier alpha value is -1.79. The van der Waals surface area contributed by atoms with E-state index in [-0.39, 0.29) is 13.0 Å². The fourth-order valence-electron chi connectivity index (χ4n) is 1.32. The lowest BCUT2D eigenvalue weighted by molar-refractivity contribution is -0.172. The molecule has 0 aromatic carbocycles. The zero-order valence-electron chi connectivity index (χ0n) is 11.5. The minimum Gasteiger partial charge on any atom is -0.481 e. The van der Waals surface area contributed by atoms with Gasteiger partial charge in [-0.1, -0.05) is 13.8 Å². The van der Waals surface area contributed by atoms with Crippen molar-refractivity contribution in [3.63, 3.8) is 0 Å². The summed E-state index contributed by atoms with van der Waals surface area (Å²) in [5.41, 5.74) is 0. The first-order chi connectivity index (χ1) is 8.77. The number of carboxylic acids is 1. The number of carbonyl (C=O) groups excluding carboxylic acids is 2. The molecule has 0 saturated heterocycles. The lowest BCUT2D eigenvalue weighted by atomic mass is 9.98. The molecule has 7 nitrogen and oxygen atoms in total. The molecule has 110 valence electrons. The summed E-state index contributed by atoms with van der Waals surface area (Å²) >= 11 is 0. The minimum atomic E-state index is -1.07. The van der Waals surface area contributed by atoms with E-state index in [0.29, 0.717) is 0 Å². The van der Waals surface area contributed by atoms with Crippen molar-refractivity contribution in [2.45, 2.75) is 40.4 Å². The van der Waals surface area contributed by atoms with Gasteiger partial charge in [0, 0.05) is 6.92 Å². The monoisotopic (exact) mass is 276 g/mol. The Morgan fingerprint density at radius 1 is 1.05 bits per heavy atom. The van der Waals surface area contributed by atoms with Gasteiger partial charge in [-0.05, 0) is 13.3 Å². The molecule has 1 N–H and O–H groups in total. The summed E-state index contributed by atoms with van der Waals surface area (Å²) in [4.78, 5) is 33.2. The molecule has 3 atom stereocenters. The maximum Gasteiger partial charge on any atom is 0.511 e. The second kappa shape index (κ2) is 8.34. The first-order valence-electron chi connectivity index (χ1n) is 6.04. The van der Waals surface area contributed by atoms with Gasteiger partial charge in [-0.3, -0.25) is 9.59 Å². The van der Waals surface area contributed by atoms with Crippen LogP contribution in [0.2, 0.25) is 0 Å². The van der Waals surface area contributed by atoms with Crippen molar-refractivity contribution in [2.24, 2.45) is 11.8 Å². The second-order valence-corrected chi connectivity index (χ2v) is 4.18. The number of esters is 1. The normalized spacial score (nSPS) is 14.9. The molecule has 0 aliphatic carbocycles. The van der Waals surface area contributed by atoms with Crippen LogP contribution in [0.1, 0.15) is 34.1 Å². The van der Waals surface area contributed by atoms with E-state index in [1.54, 1.807) is 13.8 Å². The van der Waals surface area contributed by atoms with Gasteiger partial charge in [0.15, 0.2) is 0 Å². The Bertz CT molecular complexity index is 326. The summed E-state index contributed by atoms with van der Waals surface area (Å²) < 4.78 is 14.0. The zero-order valence-corrected chi connectivity index (χ0v) is 11.5. The van der Waals surface area contributed by atoms with Gasteiger partial charge in [0.25, 0.3) is 0 Å². The number of carbonyl (C=O) groups is 3. The SMILES string of the molecule is CCOC(=O)OC(C)OC(=O)C(C)CC(C)C(=O)O. The van der Waals surface area contributed by atoms with Crippen molar-refractivity contribution < 1.29 is 33.7 Å². The molecule has 0 saturated carbocycles. The highest BCUT2D eigenvalue weighted by Crippen LogP contribution is 2.14. The van der Waals surface area contributed by atoms with Crippen LogP contribution in [0.25, 0.3) is 0 Å². The topological polar surface area (TPSA) is 99.1 Å². The summed E-state index contributed by atoms with van der Waals surface area (Å²) in [5.74, 6) is -2.84. The molecule has 3 unspecified atom stereocenters. The summed E-state index contributed by atoms with van der Waals surface area (Å²) in [6.45, 7) is 6.21. The van der Waals surface area contributed by atoms with E-state index in [1.807, 2.05) is 0 Å². The third-order valence-corrected chi connectivity index (χ3v) is 2.34. The zero-order chi connectivity index (χ0) is 15.0. The molecule has 0 aliphatic rings. The maximum atomic E-state index is 11.6. The van der Waals surface area contributed by atoms with Crippen molar-refractivity contribution in [1.82, 2.24) is 0 Å². The van der Waals surface area contributed by atoms with Gasteiger partial charge >= 0.3 is 18.1 Å². The molecule has 0 aromatic heterocycles. The van der Waals surface area contributed by atoms with E-state index in [4.69, 9.17) is 9.84 Å². The first kappa shape index (κ1) is 17.2. The van der Waals surface area contributed by atoms with Crippen LogP contribution in [0.4, 0.5) is 4.79 Å². The molecular formula is C12H20O7. The molecule has 0 amide bonds. The summed E-state index contributed by atoms with van der Waals surface area (Å²) in [6.07, 6.45) is -1.84. The smallest absolute Gasteiger partial charge is 0.481 e. The number of hydrogen-bond acceptors (Lipinski definition) is 6. The van der Waals surface area contributed by atoms with E-state index < -0.39 is 36.2 Å². The predicted octanol–water partition coefficient (Wildman–Crippen LogP) is 1.80. The molecule has 0 aromatic rings. The van der Waals surface area contributed by atoms with Crippen LogP contribution in [0, 0.1) is 11.8 Å². The van der Waals surface area contributed by atoms with Crippen molar-refractivity contribution in [1.29, 1.82) is 0 Å². The minimum absolute atomic E-state index is 0.153. The van der Waals surface area contributed by atoms with Crippen molar-refractivity contribution in [3.8, 4) is 0 Å². The van der Waals surface area contributed by atoms with Crippen LogP contribution >= 0.6 is 0 Å². The van der Waals surface area contributed by atoms with Crippen molar-refractivity contribution in [2.75, 3.05) is 6.61 Å². The Morgan fingerprint density at radius 2 is 1.63 bits per heavy atom. The molecule has 0 aliphatic heterocycles. The van der Waals surface area contributed by atoms with E-state index >= 15 is 0 Å². The number of hydrogen-bond donors (Lipinski definition) is 1. The molecular weight excluding hydrogens is 256 g/mol. The van der Waals surface area contributed by atoms with E-state index in [9.17, 15) is 14.4 Å². The van der Waals surface area contributed by atoms with Gasteiger partial charge in [0.1, 0.15) is 0 Å². The van der Waals surface area contributed by atoms with Gasteiger partial charge in [-0.2, -0.15) is 0 Å². The van der Waals surface area contributed by atoms with E-state index in [1.165, 1.54) is 13.8 Å². The Balaban J connectivity index is 4.14. The molecule has 19 heavy (non-hydrogen) atoms. The number of aliphatic carboxylic acids is 1. The highest BCUT2D eigenvalue weighted by Gasteiger charge is 2.24. The second-order valence-electron chi connectivity index (χ2n) is 4.18. The number of ether oxygens (including phenoxy) is 3. The van der Waals surface area contributed by atoms with Gasteiger partial charge in [-0.25, -0.2) is 4.79 Å². The van der Waals surface area contributed by atoms with Crippen LogP contribution in [0.15, 0.2) is 0 Å². The van der Waals surface area contributed by atoms with Gasteiger partial charge in [-0.15, -0.1) is 0 Å². The molecule has 0 bridgehead atoms. The molecule has 0 radical (unpaired) electrons. The van der Waals surface area contributed by atoms with Crippen molar-refractivity contribution >= 4 is 18.1 Å². The summed E-state index contributed by atoms with van der Waals surface area (Å²) in [6, 6.07) is 0. The summed E-state index contributed by atoms with van der Waals surface area (Å²) in [7, 11) is 0. The average molecular weight is 276 g/mol. The van der Waals surface area contributed by atoms with E-state index in [2.05, 4.69) is 9.47 Å². The highest BCUT2D eigenvalue weighted by atomic mass is 16.8. The largest absolute Gasteiger partial charge is 0.511 e. The molecule has 0 rings (SSSR count). The number of carboxylic acid groups (broad SMARTS) is 1. The van der Waals surface area contributed by atoms with Gasteiger partial charge in [0.05, 0.1) is 18.4 Å². The standard InChI is InChI=1S/C12H20O7/c1-5-17-12(16)19-9(4)18-11(15)8(3)6-7(2)10(13)14/h7-9H,5-6H2,1-4H3,(H,13,14). The average Bonchev–Trinajstić information content (AvgIpc) is 2.28. The predicted molar refractivity (Wildman–Crippen MR) is 64.2 cm³/mol. The third kappa shape index (κ3) is 7.28. The Labute approximate surface area is 111 Å². The van der Waals surface area contributed by atoms with E-state index in [0.717, 1.165) is 0 Å². The third-order valence-electron chi connectivity index (χ3n) is 2.34. The van der Waals surface area contributed by atoms with Crippen molar-refractivity contribution in [3.05, 3.63) is 0 Å². The van der Waals surface area contributed by atoms with Crippen LogP contribution in [-0.2, 0) is 23.8 Å². The molecule has 0 fully saturated rings. The lowest BCUT2D eigenvalue weighted by Crippen LogP contribution is -2.27. The van der Waals surface area contributed by atoms with Crippen LogP contribution < -0.4 is 0 Å². The quantitative estimate of drug-likeness (QED) is 0.559. The molecule has 0 heterocycles. The van der Waals surface area contributed by atoms with Gasteiger partial charge in [0.2, 0.25) is 6.29 Å². The first-order valence-corrected chi connectivity index (χ1v) is 6.04. The number of rotatable bonds is 7. The lowest BCUT2D eigenvalue weighted by Gasteiger charge is -2.17. The Kier molecular flexibility index (Phi) is 7.55. The fourth-order valence-corrected chi connectivity index (χ4v) is 1.32. The maximum absolute atomic E-state index is 11.6. The Morgan fingerprint density at radius 3 is 2.11 bits per heavy atom.